The highest BCUT2D eigenvalue weighted by molar-refractivity contribution is 5.67. The van der Waals surface area contributed by atoms with Gasteiger partial charge in [-0.2, -0.15) is 0 Å². The van der Waals surface area contributed by atoms with Crippen LogP contribution in [0.2, 0.25) is 0 Å². The summed E-state index contributed by atoms with van der Waals surface area (Å²) >= 11 is 0. The predicted octanol–water partition coefficient (Wildman–Crippen LogP) is 2.20. The number of rotatable bonds is 5. The summed E-state index contributed by atoms with van der Waals surface area (Å²) < 4.78 is 0. The molecule has 0 amide bonds. The fourth-order valence-electron chi connectivity index (χ4n) is 1.67. The van der Waals surface area contributed by atoms with E-state index in [1.165, 1.54) is 0 Å². The van der Waals surface area contributed by atoms with Gasteiger partial charge in [0.1, 0.15) is 0 Å². The summed E-state index contributed by atoms with van der Waals surface area (Å²) in [6, 6.07) is 0. The molecule has 1 atom stereocenters. The van der Waals surface area contributed by atoms with Crippen LogP contribution in [-0.2, 0) is 4.79 Å². The summed E-state index contributed by atoms with van der Waals surface area (Å²) in [4.78, 5) is 10.5. The van der Waals surface area contributed by atoms with Crippen molar-refractivity contribution < 1.29 is 15.0 Å². The zero-order chi connectivity index (χ0) is 11.4. The molecule has 1 unspecified atom stereocenters. The van der Waals surface area contributed by atoms with Crippen LogP contribution in [0.1, 0.15) is 40.5 Å². The lowest BCUT2D eigenvalue weighted by Crippen LogP contribution is -2.33. The van der Waals surface area contributed by atoms with Crippen molar-refractivity contribution in [3.8, 4) is 0 Å². The molecule has 14 heavy (non-hydrogen) atoms. The van der Waals surface area contributed by atoms with Crippen molar-refractivity contribution in [1.29, 1.82) is 0 Å². The Hall–Kier alpha value is -0.830. The van der Waals surface area contributed by atoms with Crippen LogP contribution in [0.3, 0.4) is 0 Å². The van der Waals surface area contributed by atoms with E-state index in [1.54, 1.807) is 0 Å². The fraction of sp³-hybridized carbons (Fsp3) is 0.727. The lowest BCUT2D eigenvalue weighted by molar-refractivity contribution is -0.140. The SMILES string of the molecule is C/C=C(\CC)C(C)(C)C(O)CC(=O)O. The molecule has 0 saturated heterocycles. The van der Waals surface area contributed by atoms with Crippen LogP contribution < -0.4 is 0 Å². The molecule has 0 saturated carbocycles. The van der Waals surface area contributed by atoms with Crippen molar-refractivity contribution in [3.63, 3.8) is 0 Å². The predicted molar refractivity (Wildman–Crippen MR) is 56.1 cm³/mol. The first-order valence-corrected chi connectivity index (χ1v) is 4.91. The zero-order valence-corrected chi connectivity index (χ0v) is 9.37. The summed E-state index contributed by atoms with van der Waals surface area (Å²) in [6.07, 6.45) is 1.75. The second-order valence-corrected chi connectivity index (χ2v) is 4.00. The first-order chi connectivity index (χ1) is 6.36. The average molecular weight is 200 g/mol. The van der Waals surface area contributed by atoms with Crippen LogP contribution in [0.15, 0.2) is 11.6 Å². The number of carboxylic acids is 1. The largest absolute Gasteiger partial charge is 0.481 e. The van der Waals surface area contributed by atoms with Gasteiger partial charge in [-0.15, -0.1) is 0 Å². The highest BCUT2D eigenvalue weighted by atomic mass is 16.4. The zero-order valence-electron chi connectivity index (χ0n) is 9.37. The van der Waals surface area contributed by atoms with Gasteiger partial charge in [-0.25, -0.2) is 0 Å². The highest BCUT2D eigenvalue weighted by Crippen LogP contribution is 2.33. The third kappa shape index (κ3) is 3.14. The molecule has 0 bridgehead atoms. The van der Waals surface area contributed by atoms with Gasteiger partial charge in [-0.05, 0) is 13.3 Å². The number of aliphatic hydroxyl groups is 1. The summed E-state index contributed by atoms with van der Waals surface area (Å²) in [5, 5.41) is 18.4. The van der Waals surface area contributed by atoms with E-state index in [-0.39, 0.29) is 6.42 Å². The maximum atomic E-state index is 10.5. The minimum atomic E-state index is -0.961. The van der Waals surface area contributed by atoms with Crippen molar-refractivity contribution in [3.05, 3.63) is 11.6 Å². The topological polar surface area (TPSA) is 57.5 Å². The van der Waals surface area contributed by atoms with E-state index in [9.17, 15) is 9.90 Å². The van der Waals surface area contributed by atoms with E-state index >= 15 is 0 Å². The van der Waals surface area contributed by atoms with Crippen LogP contribution in [0.25, 0.3) is 0 Å². The van der Waals surface area contributed by atoms with Crippen molar-refractivity contribution in [2.45, 2.75) is 46.6 Å². The van der Waals surface area contributed by atoms with E-state index in [2.05, 4.69) is 0 Å². The Morgan fingerprint density at radius 3 is 2.29 bits per heavy atom. The van der Waals surface area contributed by atoms with Gasteiger partial charge in [-0.1, -0.05) is 32.4 Å². The summed E-state index contributed by atoms with van der Waals surface area (Å²) in [6.45, 7) is 7.66. The molecule has 3 heteroatoms. The molecule has 82 valence electrons. The molecule has 0 aliphatic heterocycles. The Balaban J connectivity index is 4.66. The molecule has 0 fully saturated rings. The molecule has 0 spiro atoms. The van der Waals surface area contributed by atoms with E-state index < -0.39 is 17.5 Å². The van der Waals surface area contributed by atoms with Crippen LogP contribution in [0.5, 0.6) is 0 Å². The van der Waals surface area contributed by atoms with Crippen LogP contribution in [0, 0.1) is 5.41 Å². The van der Waals surface area contributed by atoms with Gasteiger partial charge in [0.25, 0.3) is 0 Å². The van der Waals surface area contributed by atoms with Gasteiger partial charge < -0.3 is 10.2 Å². The quantitative estimate of drug-likeness (QED) is 0.669. The smallest absolute Gasteiger partial charge is 0.306 e. The first-order valence-electron chi connectivity index (χ1n) is 4.91. The number of aliphatic hydroxyl groups excluding tert-OH is 1. The molecule has 2 N–H and O–H groups in total. The Morgan fingerprint density at radius 1 is 1.50 bits per heavy atom. The molecule has 0 aromatic heterocycles. The lowest BCUT2D eigenvalue weighted by atomic mass is 9.76. The van der Waals surface area contributed by atoms with Crippen LogP contribution >= 0.6 is 0 Å². The molecule has 0 radical (unpaired) electrons. The minimum absolute atomic E-state index is 0.204. The van der Waals surface area contributed by atoms with Crippen molar-refractivity contribution in [2.24, 2.45) is 5.41 Å². The number of aliphatic carboxylic acids is 1. The van der Waals surface area contributed by atoms with Gasteiger partial charge in [0, 0.05) is 5.41 Å². The normalized spacial score (nSPS) is 15.4. The van der Waals surface area contributed by atoms with E-state index in [0.29, 0.717) is 0 Å². The molecule has 0 rings (SSSR count). The second-order valence-electron chi connectivity index (χ2n) is 4.00. The number of carbonyl (C=O) groups is 1. The molecule has 3 nitrogen and oxygen atoms in total. The Bertz CT molecular complexity index is 229. The van der Waals surface area contributed by atoms with Crippen LogP contribution in [0.4, 0.5) is 0 Å². The van der Waals surface area contributed by atoms with Crippen molar-refractivity contribution in [1.82, 2.24) is 0 Å². The molecule has 0 aliphatic rings. The van der Waals surface area contributed by atoms with Gasteiger partial charge in [-0.3, -0.25) is 4.79 Å². The molecule has 0 aromatic carbocycles. The number of hydrogen-bond acceptors (Lipinski definition) is 2. The van der Waals surface area contributed by atoms with Gasteiger partial charge in [0.15, 0.2) is 0 Å². The fourth-order valence-corrected chi connectivity index (χ4v) is 1.67. The van der Waals surface area contributed by atoms with E-state index in [0.717, 1.165) is 12.0 Å². The lowest BCUT2D eigenvalue weighted by Gasteiger charge is -2.32. The highest BCUT2D eigenvalue weighted by Gasteiger charge is 2.31. The van der Waals surface area contributed by atoms with E-state index in [4.69, 9.17) is 5.11 Å². The van der Waals surface area contributed by atoms with E-state index in [1.807, 2.05) is 33.8 Å². The third-order valence-corrected chi connectivity index (χ3v) is 2.76. The number of hydrogen-bond donors (Lipinski definition) is 2. The Kier molecular flexibility index (Phi) is 4.85. The average Bonchev–Trinajstić information content (AvgIpc) is 2.04. The Labute approximate surface area is 85.4 Å². The van der Waals surface area contributed by atoms with Crippen LogP contribution in [-0.4, -0.2) is 22.3 Å². The maximum Gasteiger partial charge on any atom is 0.306 e. The number of carboxylic acid groups (broad SMARTS) is 1. The van der Waals surface area contributed by atoms with Gasteiger partial charge in [0.05, 0.1) is 12.5 Å². The monoisotopic (exact) mass is 200 g/mol. The Morgan fingerprint density at radius 2 is 2.00 bits per heavy atom. The molecule has 0 aromatic rings. The molecular formula is C11H20O3. The second kappa shape index (κ2) is 5.15. The number of allylic oxidation sites excluding steroid dienone is 1. The van der Waals surface area contributed by atoms with Crippen molar-refractivity contribution >= 4 is 5.97 Å². The minimum Gasteiger partial charge on any atom is -0.481 e. The maximum absolute atomic E-state index is 10.5. The first kappa shape index (κ1) is 13.2. The van der Waals surface area contributed by atoms with Gasteiger partial charge in [0.2, 0.25) is 0 Å². The van der Waals surface area contributed by atoms with Crippen molar-refractivity contribution in [2.75, 3.05) is 0 Å². The molecule has 0 heterocycles. The summed E-state index contributed by atoms with van der Waals surface area (Å²) in [5.41, 5.74) is 0.633. The molecular weight excluding hydrogens is 180 g/mol. The third-order valence-electron chi connectivity index (χ3n) is 2.76. The van der Waals surface area contributed by atoms with Gasteiger partial charge >= 0.3 is 5.97 Å². The summed E-state index contributed by atoms with van der Waals surface area (Å²) in [7, 11) is 0. The summed E-state index contributed by atoms with van der Waals surface area (Å²) in [5.74, 6) is -0.961. The standard InChI is InChI=1S/C11H20O3/c1-5-8(6-2)11(3,4)9(12)7-10(13)14/h5,9,12H,6-7H2,1-4H3,(H,13,14)/b8-5+. The molecule has 0 aliphatic carbocycles.